The molecule has 0 radical (unpaired) electrons. The second-order valence-electron chi connectivity index (χ2n) is 15.0. The topological polar surface area (TPSA) is 99.0 Å². The predicted octanol–water partition coefficient (Wildman–Crippen LogP) is 3.99. The zero-order valence-corrected chi connectivity index (χ0v) is 26.5. The Kier molecular flexibility index (Phi) is 9.00. The number of hydrogen-bond donors (Lipinski definition) is 2. The van der Waals surface area contributed by atoms with Crippen LogP contribution in [0.2, 0.25) is 0 Å². The van der Waals surface area contributed by atoms with Crippen molar-refractivity contribution in [3.63, 3.8) is 0 Å². The van der Waals surface area contributed by atoms with Crippen molar-refractivity contribution in [1.82, 2.24) is 20.0 Å². The standard InChI is InChI=1S/C33H54FN5O3/c1-21(2)39-19-26(22-11-13-24(34)14-12-22)33(31(39)42)15-8-16-38(20-33)29(40)27(36-30(41)32(3,4)35)17-23-18-37(5)28-10-7-6-9-25(23)28/h18,21-22,24-28H,6-17,19-20,35H2,1-5H3,(H,36,41). The van der Waals surface area contributed by atoms with Gasteiger partial charge in [-0.1, -0.05) is 12.8 Å². The van der Waals surface area contributed by atoms with Crippen molar-refractivity contribution in [2.75, 3.05) is 26.7 Å². The van der Waals surface area contributed by atoms with Crippen LogP contribution in [-0.2, 0) is 14.4 Å². The van der Waals surface area contributed by atoms with Gasteiger partial charge in [0, 0.05) is 44.7 Å². The molecule has 2 aliphatic carbocycles. The highest BCUT2D eigenvalue weighted by Gasteiger charge is 2.58. The number of amides is 3. The maximum absolute atomic E-state index is 14.4. The fraction of sp³-hybridized carbons (Fsp3) is 0.848. The smallest absolute Gasteiger partial charge is 0.245 e. The molecule has 2 saturated carbocycles. The van der Waals surface area contributed by atoms with Gasteiger partial charge in [-0.25, -0.2) is 4.39 Å². The number of rotatable bonds is 7. The molecule has 0 aromatic carbocycles. The van der Waals surface area contributed by atoms with E-state index in [1.165, 1.54) is 18.4 Å². The number of fused-ring (bicyclic) bond motifs is 1. The average molecular weight is 588 g/mol. The van der Waals surface area contributed by atoms with Gasteiger partial charge in [0.2, 0.25) is 17.7 Å². The van der Waals surface area contributed by atoms with Gasteiger partial charge in [-0.15, -0.1) is 0 Å². The molecule has 5 unspecified atom stereocenters. The van der Waals surface area contributed by atoms with Crippen LogP contribution in [0.5, 0.6) is 0 Å². The van der Waals surface area contributed by atoms with Crippen LogP contribution in [0.4, 0.5) is 4.39 Å². The van der Waals surface area contributed by atoms with E-state index >= 15 is 0 Å². The van der Waals surface area contributed by atoms with Crippen molar-refractivity contribution in [3.8, 4) is 0 Å². The van der Waals surface area contributed by atoms with Crippen LogP contribution in [0.25, 0.3) is 0 Å². The predicted molar refractivity (Wildman–Crippen MR) is 162 cm³/mol. The Morgan fingerprint density at radius 3 is 2.48 bits per heavy atom. The van der Waals surface area contributed by atoms with Crippen LogP contribution in [0, 0.1) is 23.2 Å². The van der Waals surface area contributed by atoms with Crippen LogP contribution in [-0.4, -0.2) is 88.9 Å². The van der Waals surface area contributed by atoms with Crippen molar-refractivity contribution < 1.29 is 18.8 Å². The molecule has 2 saturated heterocycles. The Balaban J connectivity index is 1.40. The highest BCUT2D eigenvalue weighted by Crippen LogP contribution is 2.51. The number of carbonyl (C=O) groups is 3. The molecule has 42 heavy (non-hydrogen) atoms. The third-order valence-corrected chi connectivity index (χ3v) is 11.2. The van der Waals surface area contributed by atoms with Crippen LogP contribution in [0.3, 0.4) is 0 Å². The summed E-state index contributed by atoms with van der Waals surface area (Å²) in [7, 11) is 2.12. The number of hydrogen-bond acceptors (Lipinski definition) is 5. The highest BCUT2D eigenvalue weighted by atomic mass is 19.1. The quantitative estimate of drug-likeness (QED) is 0.470. The lowest BCUT2D eigenvalue weighted by Gasteiger charge is -2.46. The molecule has 4 fully saturated rings. The number of likely N-dealkylation sites (tertiary alicyclic amines) is 2. The number of piperidine rings is 1. The van der Waals surface area contributed by atoms with Gasteiger partial charge in [-0.2, -0.15) is 0 Å². The van der Waals surface area contributed by atoms with E-state index in [0.717, 1.165) is 38.5 Å². The zero-order valence-electron chi connectivity index (χ0n) is 26.5. The first-order valence-electron chi connectivity index (χ1n) is 16.6. The number of alkyl halides is 1. The largest absolute Gasteiger partial charge is 0.377 e. The summed E-state index contributed by atoms with van der Waals surface area (Å²) >= 11 is 0. The van der Waals surface area contributed by atoms with Gasteiger partial charge in [0.25, 0.3) is 0 Å². The first-order chi connectivity index (χ1) is 19.8. The van der Waals surface area contributed by atoms with E-state index in [0.29, 0.717) is 50.9 Å². The minimum atomic E-state index is -1.12. The molecule has 1 spiro atoms. The average Bonchev–Trinajstić information content (AvgIpc) is 3.41. The second kappa shape index (κ2) is 12.1. The van der Waals surface area contributed by atoms with Gasteiger partial charge in [-0.05, 0) is 109 Å². The van der Waals surface area contributed by atoms with E-state index in [1.54, 1.807) is 13.8 Å². The number of nitrogens with one attached hydrogen (secondary N) is 1. The zero-order chi connectivity index (χ0) is 30.4. The lowest BCUT2D eigenvalue weighted by Crippen LogP contribution is -2.60. The Morgan fingerprint density at radius 1 is 1.12 bits per heavy atom. The third kappa shape index (κ3) is 5.96. The summed E-state index contributed by atoms with van der Waals surface area (Å²) in [6.07, 6.45) is 10.8. The maximum Gasteiger partial charge on any atom is 0.245 e. The summed E-state index contributed by atoms with van der Waals surface area (Å²) in [5.41, 5.74) is 5.64. The summed E-state index contributed by atoms with van der Waals surface area (Å²) < 4.78 is 14.1. The maximum atomic E-state index is 14.4. The van der Waals surface area contributed by atoms with Crippen LogP contribution < -0.4 is 11.1 Å². The van der Waals surface area contributed by atoms with Crippen molar-refractivity contribution in [2.24, 2.45) is 28.9 Å². The molecule has 236 valence electrons. The van der Waals surface area contributed by atoms with Gasteiger partial charge >= 0.3 is 0 Å². The Hall–Kier alpha value is -2.16. The number of nitrogens with two attached hydrogens (primary N) is 1. The molecule has 5 atom stereocenters. The minimum absolute atomic E-state index is 0.0801. The second-order valence-corrected chi connectivity index (χ2v) is 15.0. The Labute approximate surface area is 252 Å². The van der Waals surface area contributed by atoms with Gasteiger partial charge in [0.15, 0.2) is 0 Å². The molecular formula is C33H54FN5O3. The molecule has 9 heteroatoms. The van der Waals surface area contributed by atoms with E-state index in [-0.39, 0.29) is 35.6 Å². The Morgan fingerprint density at radius 2 is 1.81 bits per heavy atom. The third-order valence-electron chi connectivity index (χ3n) is 11.2. The van der Waals surface area contributed by atoms with Gasteiger partial charge in [-0.3, -0.25) is 14.4 Å². The summed E-state index contributed by atoms with van der Waals surface area (Å²) in [6.45, 7) is 9.07. The molecule has 3 heterocycles. The molecule has 0 aromatic rings. The fourth-order valence-corrected chi connectivity index (χ4v) is 8.88. The summed E-state index contributed by atoms with van der Waals surface area (Å²) in [5, 5.41) is 3.04. The lowest BCUT2D eigenvalue weighted by molar-refractivity contribution is -0.148. The van der Waals surface area contributed by atoms with Crippen molar-refractivity contribution in [3.05, 3.63) is 11.8 Å². The van der Waals surface area contributed by atoms with Gasteiger partial charge in [0.1, 0.15) is 12.2 Å². The molecular weight excluding hydrogens is 533 g/mol. The van der Waals surface area contributed by atoms with E-state index in [9.17, 15) is 18.8 Å². The van der Waals surface area contributed by atoms with Crippen LogP contribution in [0.1, 0.15) is 98.3 Å². The monoisotopic (exact) mass is 587 g/mol. The van der Waals surface area contributed by atoms with Crippen LogP contribution in [0.15, 0.2) is 11.8 Å². The van der Waals surface area contributed by atoms with E-state index in [1.807, 2.05) is 9.80 Å². The molecule has 8 nitrogen and oxygen atoms in total. The highest BCUT2D eigenvalue weighted by molar-refractivity contribution is 5.92. The summed E-state index contributed by atoms with van der Waals surface area (Å²) in [6, 6.07) is -0.187. The minimum Gasteiger partial charge on any atom is -0.377 e. The molecule has 0 aromatic heterocycles. The molecule has 3 amide bonds. The molecule has 3 N–H and O–H groups in total. The number of nitrogens with zero attached hydrogens (tertiary/aromatic N) is 3. The normalized spacial score (nSPS) is 34.6. The molecule has 0 bridgehead atoms. The molecule has 5 rings (SSSR count). The lowest BCUT2D eigenvalue weighted by atomic mass is 9.63. The van der Waals surface area contributed by atoms with E-state index < -0.39 is 23.2 Å². The number of halogens is 1. The molecule has 3 aliphatic heterocycles. The first kappa shape index (κ1) is 31.3. The van der Waals surface area contributed by atoms with Gasteiger partial charge in [0.05, 0.1) is 11.0 Å². The van der Waals surface area contributed by atoms with Crippen molar-refractivity contribution in [1.29, 1.82) is 0 Å². The summed E-state index contributed by atoms with van der Waals surface area (Å²) in [5.74, 6) is 0.494. The molecule has 5 aliphatic rings. The fourth-order valence-electron chi connectivity index (χ4n) is 8.88. The van der Waals surface area contributed by atoms with Crippen molar-refractivity contribution in [2.45, 2.75) is 128 Å². The first-order valence-corrected chi connectivity index (χ1v) is 16.6. The number of carbonyl (C=O) groups excluding carboxylic acids is 3. The van der Waals surface area contributed by atoms with Crippen LogP contribution >= 0.6 is 0 Å². The SMILES string of the molecule is CC(C)N1CC(C2CCC(F)CC2)C2(CCCN(C(=O)C(CC3=CN(C)C4CCCCC34)NC(=O)C(C)(C)N)C2)C1=O. The van der Waals surface area contributed by atoms with Crippen molar-refractivity contribution >= 4 is 17.7 Å². The van der Waals surface area contributed by atoms with E-state index in [4.69, 9.17) is 5.73 Å². The summed E-state index contributed by atoms with van der Waals surface area (Å²) in [4.78, 5) is 47.9. The van der Waals surface area contributed by atoms with Gasteiger partial charge < -0.3 is 25.8 Å². The Bertz CT molecular complexity index is 1060. The van der Waals surface area contributed by atoms with E-state index in [2.05, 4.69) is 37.3 Å².